The zero-order valence-electron chi connectivity index (χ0n) is 35.7. The van der Waals surface area contributed by atoms with Crippen molar-refractivity contribution in [3.05, 3.63) is 52.1 Å². The summed E-state index contributed by atoms with van der Waals surface area (Å²) in [7, 11) is 0. The van der Waals surface area contributed by atoms with Crippen molar-refractivity contribution < 1.29 is 38.1 Å². The Balaban J connectivity index is 1.19. The third-order valence-corrected chi connectivity index (χ3v) is 11.8. The second-order valence-corrected chi connectivity index (χ2v) is 17.8. The lowest BCUT2D eigenvalue weighted by molar-refractivity contribution is -0.270. The van der Waals surface area contributed by atoms with Crippen LogP contribution in [0.25, 0.3) is 6.08 Å². The van der Waals surface area contributed by atoms with Crippen molar-refractivity contribution >= 4 is 30.0 Å². The first-order chi connectivity index (χ1) is 26.5. The molecule has 4 heterocycles. The Morgan fingerprint density at radius 3 is 2.36 bits per heavy atom. The molecule has 4 aliphatic rings. The monoisotopic (exact) mass is 777 g/mol. The number of amides is 1. The van der Waals surface area contributed by atoms with E-state index < -0.39 is 36.0 Å². The molecule has 4 aliphatic heterocycles. The van der Waals surface area contributed by atoms with E-state index in [0.717, 1.165) is 57.6 Å². The van der Waals surface area contributed by atoms with E-state index in [9.17, 15) is 14.4 Å². The van der Waals surface area contributed by atoms with Crippen LogP contribution >= 0.6 is 0 Å². The van der Waals surface area contributed by atoms with Gasteiger partial charge >= 0.3 is 18.0 Å². The van der Waals surface area contributed by atoms with E-state index >= 15 is 0 Å². The number of hydrogen-bond acceptors (Lipinski definition) is 10. The largest absolute Gasteiger partial charge is 0.458 e. The summed E-state index contributed by atoms with van der Waals surface area (Å²) in [4.78, 5) is 46.3. The molecule has 0 bridgehead atoms. The lowest BCUT2D eigenvalue weighted by atomic mass is 9.72. The van der Waals surface area contributed by atoms with Crippen molar-refractivity contribution in [3.63, 3.8) is 0 Å². The van der Waals surface area contributed by atoms with Crippen LogP contribution < -0.4 is 0 Å². The van der Waals surface area contributed by atoms with Crippen LogP contribution in [0.4, 0.5) is 4.79 Å². The summed E-state index contributed by atoms with van der Waals surface area (Å²) in [6.07, 6.45) is 8.25. The SMILES string of the molecule is CC[C@H]1O[C@@H](OC2=NCC(C(C)C)=C2Cc2ccc(/C=C/CCN3CCCC4(CCN(C(=O)OC(C)(C)C)CC4)C3)cc2C)[C@H](OC(C)=O)[C@@H](OC(C)=O)[C@@H]1C. The number of rotatable bonds is 11. The average molecular weight is 778 g/mol. The normalized spacial score (nSPS) is 25.8. The molecule has 1 aromatic carbocycles. The number of ether oxygens (including phenoxy) is 5. The molecule has 0 unspecified atom stereocenters. The van der Waals surface area contributed by atoms with E-state index in [1.165, 1.54) is 49.0 Å². The van der Waals surface area contributed by atoms with Gasteiger partial charge in [0.2, 0.25) is 18.3 Å². The highest BCUT2D eigenvalue weighted by Gasteiger charge is 2.49. The summed E-state index contributed by atoms with van der Waals surface area (Å²) >= 11 is 0. The predicted molar refractivity (Wildman–Crippen MR) is 218 cm³/mol. The molecule has 56 heavy (non-hydrogen) atoms. The number of piperidine rings is 2. The second-order valence-electron chi connectivity index (χ2n) is 17.8. The van der Waals surface area contributed by atoms with Crippen molar-refractivity contribution in [2.75, 3.05) is 39.3 Å². The zero-order valence-corrected chi connectivity index (χ0v) is 35.7. The van der Waals surface area contributed by atoms with Crippen LogP contribution in [0.5, 0.6) is 0 Å². The minimum Gasteiger partial charge on any atom is -0.458 e. The fourth-order valence-electron chi connectivity index (χ4n) is 8.79. The number of benzene rings is 1. The summed E-state index contributed by atoms with van der Waals surface area (Å²) in [5.41, 5.74) is 5.58. The van der Waals surface area contributed by atoms with Crippen molar-refractivity contribution in [2.24, 2.45) is 22.2 Å². The molecule has 3 saturated heterocycles. The first-order valence-electron chi connectivity index (χ1n) is 20.9. The zero-order chi connectivity index (χ0) is 40.8. The summed E-state index contributed by atoms with van der Waals surface area (Å²) in [6, 6.07) is 6.60. The van der Waals surface area contributed by atoms with Crippen LogP contribution in [-0.4, -0.2) is 103 Å². The molecular weight excluding hydrogens is 711 g/mol. The number of esters is 2. The van der Waals surface area contributed by atoms with Gasteiger partial charge in [0, 0.05) is 57.9 Å². The highest BCUT2D eigenvalue weighted by atomic mass is 16.7. The molecule has 5 rings (SSSR count). The Labute approximate surface area is 335 Å². The van der Waals surface area contributed by atoms with E-state index in [1.807, 2.05) is 39.5 Å². The maximum atomic E-state index is 12.6. The van der Waals surface area contributed by atoms with Gasteiger partial charge in [0.15, 0.2) is 0 Å². The number of hydrogen-bond donors (Lipinski definition) is 0. The van der Waals surface area contributed by atoms with Crippen LogP contribution in [0.15, 0.2) is 40.4 Å². The van der Waals surface area contributed by atoms with E-state index in [1.54, 1.807) is 0 Å². The summed E-state index contributed by atoms with van der Waals surface area (Å²) < 4.78 is 30.0. The lowest BCUT2D eigenvalue weighted by Gasteiger charge is -2.47. The number of aliphatic imine (C=N–C) groups is 1. The van der Waals surface area contributed by atoms with Gasteiger partial charge < -0.3 is 33.5 Å². The van der Waals surface area contributed by atoms with Gasteiger partial charge in [-0.3, -0.25) is 9.59 Å². The predicted octanol–water partition coefficient (Wildman–Crippen LogP) is 8.07. The minimum atomic E-state index is -0.981. The third kappa shape index (κ3) is 11.2. The first kappa shape index (κ1) is 43.4. The number of carbonyl (C=O) groups excluding carboxylic acids is 3. The van der Waals surface area contributed by atoms with Crippen LogP contribution in [0.1, 0.15) is 118 Å². The van der Waals surface area contributed by atoms with Crippen molar-refractivity contribution in [1.82, 2.24) is 9.80 Å². The Kier molecular flexibility index (Phi) is 14.5. The van der Waals surface area contributed by atoms with Crippen LogP contribution in [-0.2, 0) is 39.7 Å². The molecule has 0 aliphatic carbocycles. The average Bonchev–Trinajstić information content (AvgIpc) is 3.51. The highest BCUT2D eigenvalue weighted by molar-refractivity contribution is 5.97. The topological polar surface area (TPSA) is 116 Å². The van der Waals surface area contributed by atoms with E-state index in [-0.39, 0.29) is 24.0 Å². The van der Waals surface area contributed by atoms with Gasteiger partial charge in [0.25, 0.3) is 0 Å². The molecule has 1 amide bonds. The van der Waals surface area contributed by atoms with E-state index in [4.69, 9.17) is 28.7 Å². The van der Waals surface area contributed by atoms with Gasteiger partial charge in [0.1, 0.15) is 11.7 Å². The van der Waals surface area contributed by atoms with Crippen LogP contribution in [0.2, 0.25) is 0 Å². The van der Waals surface area contributed by atoms with Gasteiger partial charge in [-0.25, -0.2) is 9.79 Å². The summed E-state index contributed by atoms with van der Waals surface area (Å²) in [5.74, 6) is -0.412. The van der Waals surface area contributed by atoms with Gasteiger partial charge in [-0.1, -0.05) is 58.0 Å². The first-order valence-corrected chi connectivity index (χ1v) is 20.9. The molecule has 0 N–H and O–H groups in total. The molecule has 1 aromatic rings. The molecule has 11 heteroatoms. The molecular formula is C45H67N3O8. The minimum absolute atomic E-state index is 0.186. The fourth-order valence-corrected chi connectivity index (χ4v) is 8.79. The van der Waals surface area contributed by atoms with Crippen molar-refractivity contribution in [2.45, 2.75) is 144 Å². The Morgan fingerprint density at radius 2 is 1.73 bits per heavy atom. The number of carbonyl (C=O) groups is 3. The fraction of sp³-hybridized carbons (Fsp3) is 0.689. The van der Waals surface area contributed by atoms with Gasteiger partial charge in [-0.2, -0.15) is 0 Å². The molecule has 5 atom stereocenters. The number of nitrogens with zero attached hydrogens (tertiary/aromatic N) is 3. The van der Waals surface area contributed by atoms with Gasteiger partial charge in [-0.15, -0.1) is 0 Å². The Bertz CT molecular complexity index is 1650. The molecule has 0 radical (unpaired) electrons. The molecule has 310 valence electrons. The third-order valence-electron chi connectivity index (χ3n) is 11.8. The molecule has 0 aromatic heterocycles. The van der Waals surface area contributed by atoms with Gasteiger partial charge in [-0.05, 0) is 106 Å². The quantitative estimate of drug-likeness (QED) is 0.163. The van der Waals surface area contributed by atoms with E-state index in [0.29, 0.717) is 30.7 Å². The van der Waals surface area contributed by atoms with Gasteiger partial charge in [0.05, 0.1) is 12.6 Å². The van der Waals surface area contributed by atoms with Crippen molar-refractivity contribution in [3.8, 4) is 0 Å². The summed E-state index contributed by atoms with van der Waals surface area (Å²) in [5, 5.41) is 0. The number of likely N-dealkylation sites (tertiary alicyclic amines) is 2. The molecule has 1 spiro atoms. The maximum Gasteiger partial charge on any atom is 0.410 e. The molecule has 3 fully saturated rings. The number of aryl methyl sites for hydroxylation is 1. The van der Waals surface area contributed by atoms with Crippen LogP contribution in [0.3, 0.4) is 0 Å². The maximum absolute atomic E-state index is 12.6. The second kappa shape index (κ2) is 18.7. The Hall–Kier alpha value is -3.70. The van der Waals surface area contributed by atoms with Crippen LogP contribution in [0, 0.1) is 24.2 Å². The molecule has 0 saturated carbocycles. The van der Waals surface area contributed by atoms with E-state index in [2.05, 4.69) is 56.0 Å². The van der Waals surface area contributed by atoms with Crippen molar-refractivity contribution in [1.29, 1.82) is 0 Å². The standard InChI is InChI=1S/C45H67N3O8/c1-11-38-31(5)39(52-32(6)49)40(53-33(7)50)42(54-38)55-41-36(37(27-46-41)29(2)3)26-35-17-16-34(25-30(35)4)15-12-13-21-47-22-14-18-45(28-47)19-23-48(24-20-45)43(51)56-44(8,9)10/h12,15-17,25,29,31,38-40,42H,11,13-14,18-24,26-28H2,1-10H3/b15-12+/t31-,38-,39+,40-,42+/m1/s1. The molecule has 11 nitrogen and oxygen atoms in total. The highest BCUT2D eigenvalue weighted by Crippen LogP contribution is 2.40. The summed E-state index contributed by atoms with van der Waals surface area (Å²) in [6.45, 7) is 24.2. The lowest BCUT2D eigenvalue weighted by Crippen LogP contribution is -2.57. The Morgan fingerprint density at radius 1 is 1.04 bits per heavy atom. The smallest absolute Gasteiger partial charge is 0.410 e.